The number of amides is 1. The van der Waals surface area contributed by atoms with Crippen molar-refractivity contribution in [3.63, 3.8) is 0 Å². The average molecular weight is 341 g/mol. The average Bonchev–Trinajstić information content (AvgIpc) is 3.11. The van der Waals surface area contributed by atoms with Crippen LogP contribution in [0, 0.1) is 5.82 Å². The largest absolute Gasteiger partial charge is 0.497 e. The van der Waals surface area contributed by atoms with Crippen LogP contribution in [0.15, 0.2) is 53.6 Å². The lowest BCUT2D eigenvalue weighted by molar-refractivity contribution is 0.0777. The third-order valence-electron chi connectivity index (χ3n) is 4.08. The molecule has 0 unspecified atom stereocenters. The fraction of sp³-hybridized carbons (Fsp3) is 0.263. The van der Waals surface area contributed by atoms with Crippen LogP contribution in [0.5, 0.6) is 5.75 Å². The molecule has 0 spiro atoms. The number of nitrogens with zero attached hydrogens (tertiary/aromatic N) is 3. The van der Waals surface area contributed by atoms with Gasteiger partial charge in [0.15, 0.2) is 0 Å². The fourth-order valence-electron chi connectivity index (χ4n) is 2.77. The first kappa shape index (κ1) is 17.0. The van der Waals surface area contributed by atoms with Crippen molar-refractivity contribution < 1.29 is 13.9 Å². The van der Waals surface area contributed by atoms with Gasteiger partial charge >= 0.3 is 0 Å². The number of methoxy groups -OCH3 is 1. The zero-order valence-corrected chi connectivity index (χ0v) is 14.3. The number of halogens is 1. The highest BCUT2D eigenvalue weighted by atomic mass is 19.1. The number of amidine groups is 1. The van der Waals surface area contributed by atoms with Crippen LogP contribution in [0.3, 0.4) is 0 Å². The number of carbonyl (C=O) groups is 1. The molecule has 0 bridgehead atoms. The molecule has 1 heterocycles. The van der Waals surface area contributed by atoms with Gasteiger partial charge in [-0.15, -0.1) is 0 Å². The Hall–Kier alpha value is -2.89. The quantitative estimate of drug-likeness (QED) is 0.858. The predicted molar refractivity (Wildman–Crippen MR) is 93.9 cm³/mol. The van der Waals surface area contributed by atoms with Crippen LogP contribution in [0.2, 0.25) is 0 Å². The van der Waals surface area contributed by atoms with Gasteiger partial charge in [-0.1, -0.05) is 18.2 Å². The van der Waals surface area contributed by atoms with Crippen LogP contribution < -0.4 is 4.74 Å². The van der Waals surface area contributed by atoms with Crippen molar-refractivity contribution in [2.45, 2.75) is 13.0 Å². The monoisotopic (exact) mass is 341 g/mol. The lowest BCUT2D eigenvalue weighted by atomic mass is 10.2. The molecule has 1 aliphatic rings. The second kappa shape index (κ2) is 7.34. The summed E-state index contributed by atoms with van der Waals surface area (Å²) >= 11 is 0. The van der Waals surface area contributed by atoms with Crippen LogP contribution in [0.1, 0.15) is 22.3 Å². The number of hydrazone groups is 1. The summed E-state index contributed by atoms with van der Waals surface area (Å²) in [6.45, 7) is 1.16. The summed E-state index contributed by atoms with van der Waals surface area (Å²) in [5.41, 5.74) is 1.40. The molecule has 2 aromatic carbocycles. The first-order chi connectivity index (χ1) is 12.1. The summed E-state index contributed by atoms with van der Waals surface area (Å²) in [7, 11) is 3.58. The van der Waals surface area contributed by atoms with E-state index in [0.717, 1.165) is 17.1 Å². The van der Waals surface area contributed by atoms with Crippen molar-refractivity contribution in [3.05, 3.63) is 65.5 Å². The minimum Gasteiger partial charge on any atom is -0.497 e. The maximum absolute atomic E-state index is 13.3. The van der Waals surface area contributed by atoms with Gasteiger partial charge in [0.1, 0.15) is 17.4 Å². The summed E-state index contributed by atoms with van der Waals surface area (Å²) in [5.74, 6) is 0.920. The maximum Gasteiger partial charge on any atom is 0.274 e. The Morgan fingerprint density at radius 2 is 2.08 bits per heavy atom. The number of rotatable bonds is 4. The van der Waals surface area contributed by atoms with Gasteiger partial charge in [-0.05, 0) is 35.9 Å². The van der Waals surface area contributed by atoms with Crippen molar-refractivity contribution in [3.8, 4) is 5.75 Å². The Kier molecular flexibility index (Phi) is 4.97. The van der Waals surface area contributed by atoms with Gasteiger partial charge < -0.3 is 9.64 Å². The molecule has 1 aliphatic heterocycles. The normalized spacial score (nSPS) is 13.6. The van der Waals surface area contributed by atoms with Crippen LogP contribution in [-0.2, 0) is 6.54 Å². The molecule has 5 nitrogen and oxygen atoms in total. The molecule has 1 amide bonds. The molecule has 0 saturated carbocycles. The van der Waals surface area contributed by atoms with Crippen LogP contribution in [0.25, 0.3) is 0 Å². The van der Waals surface area contributed by atoms with Gasteiger partial charge in [-0.3, -0.25) is 4.79 Å². The minimum atomic E-state index is -0.426. The Bertz CT molecular complexity index is 807. The summed E-state index contributed by atoms with van der Waals surface area (Å²) in [6.07, 6.45) is 0.668. The molecular weight excluding hydrogens is 321 g/mol. The van der Waals surface area contributed by atoms with Crippen LogP contribution in [0.4, 0.5) is 4.39 Å². The van der Waals surface area contributed by atoms with Crippen LogP contribution >= 0.6 is 0 Å². The van der Waals surface area contributed by atoms with E-state index in [-0.39, 0.29) is 5.91 Å². The zero-order chi connectivity index (χ0) is 17.8. The molecule has 0 saturated heterocycles. The minimum absolute atomic E-state index is 0.288. The Balaban J connectivity index is 1.69. The fourth-order valence-corrected chi connectivity index (χ4v) is 2.77. The van der Waals surface area contributed by atoms with E-state index in [1.807, 2.05) is 36.2 Å². The lowest BCUT2D eigenvalue weighted by Gasteiger charge is -2.18. The Morgan fingerprint density at radius 3 is 2.84 bits per heavy atom. The number of benzene rings is 2. The smallest absolute Gasteiger partial charge is 0.274 e. The van der Waals surface area contributed by atoms with Crippen molar-refractivity contribution in [1.82, 2.24) is 9.91 Å². The van der Waals surface area contributed by atoms with E-state index in [1.165, 1.54) is 23.2 Å². The van der Waals surface area contributed by atoms with E-state index < -0.39 is 5.82 Å². The Labute approximate surface area is 146 Å². The third-order valence-corrected chi connectivity index (χ3v) is 4.08. The molecule has 0 atom stereocenters. The van der Waals surface area contributed by atoms with E-state index in [0.29, 0.717) is 25.1 Å². The molecule has 25 heavy (non-hydrogen) atoms. The van der Waals surface area contributed by atoms with E-state index in [4.69, 9.17) is 4.74 Å². The molecular formula is C19H20FN3O2. The standard InChI is InChI=1S/C19H20FN3O2/c1-22(13-14-5-3-8-17(11-14)25-2)18-9-10-23(21-18)19(24)15-6-4-7-16(20)12-15/h3-8,11-12H,9-10,13H2,1-2H3. The number of carbonyl (C=O) groups excluding carboxylic acids is 1. The lowest BCUT2D eigenvalue weighted by Crippen LogP contribution is -2.25. The highest BCUT2D eigenvalue weighted by molar-refractivity contribution is 5.96. The number of hydrogen-bond acceptors (Lipinski definition) is 4. The highest BCUT2D eigenvalue weighted by Gasteiger charge is 2.24. The van der Waals surface area contributed by atoms with Crippen molar-refractivity contribution in [2.75, 3.05) is 20.7 Å². The van der Waals surface area contributed by atoms with E-state index in [9.17, 15) is 9.18 Å². The molecule has 6 heteroatoms. The maximum atomic E-state index is 13.3. The van der Waals surface area contributed by atoms with Gasteiger partial charge in [0.25, 0.3) is 5.91 Å². The predicted octanol–water partition coefficient (Wildman–Crippen LogP) is 3.13. The second-order valence-electron chi connectivity index (χ2n) is 5.91. The van der Waals surface area contributed by atoms with E-state index in [2.05, 4.69) is 5.10 Å². The van der Waals surface area contributed by atoms with Crippen molar-refractivity contribution in [2.24, 2.45) is 5.10 Å². The first-order valence-electron chi connectivity index (χ1n) is 8.06. The van der Waals surface area contributed by atoms with Gasteiger partial charge in [0.2, 0.25) is 0 Å². The van der Waals surface area contributed by atoms with Gasteiger partial charge in [0, 0.05) is 25.6 Å². The SMILES string of the molecule is COc1cccc(CN(C)C2=NN(C(=O)c3cccc(F)c3)CC2)c1. The zero-order valence-electron chi connectivity index (χ0n) is 14.3. The van der Waals surface area contributed by atoms with Gasteiger partial charge in [0.05, 0.1) is 13.7 Å². The molecule has 0 fully saturated rings. The Morgan fingerprint density at radius 1 is 1.28 bits per heavy atom. The summed E-state index contributed by atoms with van der Waals surface area (Å²) in [6, 6.07) is 13.5. The molecule has 0 aliphatic carbocycles. The van der Waals surface area contributed by atoms with Crippen LogP contribution in [-0.4, -0.2) is 42.4 Å². The number of hydrogen-bond donors (Lipinski definition) is 0. The van der Waals surface area contributed by atoms with Gasteiger partial charge in [-0.2, -0.15) is 5.10 Å². The third kappa shape index (κ3) is 3.96. The topological polar surface area (TPSA) is 45.1 Å². The molecule has 2 aromatic rings. The number of ether oxygens (including phenoxy) is 1. The second-order valence-corrected chi connectivity index (χ2v) is 5.91. The summed E-state index contributed by atoms with van der Waals surface area (Å²) in [4.78, 5) is 14.4. The molecule has 3 rings (SSSR count). The molecule has 130 valence electrons. The molecule has 0 radical (unpaired) electrons. The highest BCUT2D eigenvalue weighted by Crippen LogP contribution is 2.18. The van der Waals surface area contributed by atoms with E-state index >= 15 is 0 Å². The molecule has 0 aromatic heterocycles. The summed E-state index contributed by atoms with van der Waals surface area (Å²) in [5, 5.41) is 5.80. The van der Waals surface area contributed by atoms with Gasteiger partial charge in [-0.25, -0.2) is 9.40 Å². The first-order valence-corrected chi connectivity index (χ1v) is 8.06. The molecule has 0 N–H and O–H groups in total. The summed E-state index contributed by atoms with van der Waals surface area (Å²) < 4.78 is 18.5. The van der Waals surface area contributed by atoms with Crippen molar-refractivity contribution in [1.29, 1.82) is 0 Å². The van der Waals surface area contributed by atoms with Crippen molar-refractivity contribution >= 4 is 11.7 Å². The van der Waals surface area contributed by atoms with E-state index in [1.54, 1.807) is 13.2 Å².